The van der Waals surface area contributed by atoms with Gasteiger partial charge in [0.2, 0.25) is 0 Å². The van der Waals surface area contributed by atoms with Gasteiger partial charge in [0.1, 0.15) is 5.82 Å². The van der Waals surface area contributed by atoms with E-state index in [1.165, 1.54) is 12.3 Å². The standard InChI is InChI=1S/C15H17FN2/c1-10-6-11(2)8-12(7-10)15(3,17)14-5-4-13(16)9-18-14/h4-9H,17H2,1-3H3. The van der Waals surface area contributed by atoms with Crippen LogP contribution in [0, 0.1) is 19.7 Å². The zero-order valence-corrected chi connectivity index (χ0v) is 10.9. The highest BCUT2D eigenvalue weighted by Crippen LogP contribution is 2.26. The van der Waals surface area contributed by atoms with Crippen LogP contribution in [0.1, 0.15) is 29.3 Å². The van der Waals surface area contributed by atoms with E-state index < -0.39 is 5.54 Å². The fraction of sp³-hybridized carbons (Fsp3) is 0.267. The molecule has 1 aromatic carbocycles. The van der Waals surface area contributed by atoms with Gasteiger partial charge in [0.25, 0.3) is 0 Å². The number of nitrogens with two attached hydrogens (primary N) is 1. The lowest BCUT2D eigenvalue weighted by Crippen LogP contribution is -2.35. The number of halogens is 1. The van der Waals surface area contributed by atoms with Crippen molar-refractivity contribution in [1.29, 1.82) is 0 Å². The van der Waals surface area contributed by atoms with Crippen molar-refractivity contribution in [2.24, 2.45) is 5.73 Å². The first kappa shape index (κ1) is 12.7. The average Bonchev–Trinajstić information content (AvgIpc) is 2.28. The summed E-state index contributed by atoms with van der Waals surface area (Å²) in [6, 6.07) is 9.19. The van der Waals surface area contributed by atoms with Gasteiger partial charge in [-0.1, -0.05) is 29.3 Å². The van der Waals surface area contributed by atoms with Gasteiger partial charge in [-0.05, 0) is 38.5 Å². The Balaban J connectivity index is 2.49. The topological polar surface area (TPSA) is 38.9 Å². The monoisotopic (exact) mass is 244 g/mol. The zero-order valence-electron chi connectivity index (χ0n) is 10.9. The number of benzene rings is 1. The molecule has 0 saturated carbocycles. The highest BCUT2D eigenvalue weighted by atomic mass is 19.1. The second kappa shape index (κ2) is 4.50. The van der Waals surface area contributed by atoms with Gasteiger partial charge in [-0.15, -0.1) is 0 Å². The molecule has 0 bridgehead atoms. The fourth-order valence-electron chi connectivity index (χ4n) is 2.11. The van der Waals surface area contributed by atoms with E-state index in [2.05, 4.69) is 11.1 Å². The lowest BCUT2D eigenvalue weighted by atomic mass is 9.87. The van der Waals surface area contributed by atoms with E-state index in [1.54, 1.807) is 6.07 Å². The Morgan fingerprint density at radius 3 is 2.22 bits per heavy atom. The minimum absolute atomic E-state index is 0.352. The van der Waals surface area contributed by atoms with Crippen LogP contribution in [0.2, 0.25) is 0 Å². The summed E-state index contributed by atoms with van der Waals surface area (Å²) in [6.45, 7) is 5.96. The molecule has 0 spiro atoms. The van der Waals surface area contributed by atoms with Gasteiger partial charge >= 0.3 is 0 Å². The Bertz CT molecular complexity index is 539. The molecule has 2 nitrogen and oxygen atoms in total. The first-order valence-electron chi connectivity index (χ1n) is 5.89. The van der Waals surface area contributed by atoms with Crippen LogP contribution in [0.3, 0.4) is 0 Å². The Kier molecular flexibility index (Phi) is 3.18. The molecule has 0 fully saturated rings. The van der Waals surface area contributed by atoms with Gasteiger partial charge in [0.05, 0.1) is 17.4 Å². The highest BCUT2D eigenvalue weighted by molar-refractivity contribution is 5.38. The number of rotatable bonds is 2. The van der Waals surface area contributed by atoms with Crippen molar-refractivity contribution in [3.8, 4) is 0 Å². The maximum absolute atomic E-state index is 12.9. The van der Waals surface area contributed by atoms with Gasteiger partial charge in [-0.3, -0.25) is 4.98 Å². The van der Waals surface area contributed by atoms with Gasteiger partial charge in [-0.25, -0.2) is 4.39 Å². The molecule has 0 aliphatic rings. The Hall–Kier alpha value is -1.74. The van der Waals surface area contributed by atoms with Gasteiger partial charge < -0.3 is 5.73 Å². The van der Waals surface area contributed by atoms with E-state index in [-0.39, 0.29) is 5.82 Å². The van der Waals surface area contributed by atoms with Crippen LogP contribution in [0.5, 0.6) is 0 Å². The van der Waals surface area contributed by atoms with E-state index >= 15 is 0 Å². The number of hydrogen-bond donors (Lipinski definition) is 1. The molecule has 0 aliphatic heterocycles. The summed E-state index contributed by atoms with van der Waals surface area (Å²) in [5, 5.41) is 0. The molecule has 0 amide bonds. The second-order valence-corrected chi connectivity index (χ2v) is 4.94. The number of aryl methyl sites for hydroxylation is 2. The number of aromatic nitrogens is 1. The minimum atomic E-state index is -0.718. The Morgan fingerprint density at radius 1 is 1.11 bits per heavy atom. The quantitative estimate of drug-likeness (QED) is 0.881. The largest absolute Gasteiger partial charge is 0.317 e. The second-order valence-electron chi connectivity index (χ2n) is 4.94. The maximum atomic E-state index is 12.9. The molecule has 1 atom stereocenters. The molecule has 2 rings (SSSR count). The molecule has 2 N–H and O–H groups in total. The molecule has 1 aromatic heterocycles. The van der Waals surface area contributed by atoms with E-state index in [0.717, 1.165) is 16.7 Å². The van der Waals surface area contributed by atoms with Crippen LogP contribution in [0.25, 0.3) is 0 Å². The molecular formula is C15H17FN2. The van der Waals surface area contributed by atoms with Gasteiger partial charge in [0, 0.05) is 0 Å². The fourth-order valence-corrected chi connectivity index (χ4v) is 2.11. The number of pyridine rings is 1. The molecule has 94 valence electrons. The Labute approximate surface area is 107 Å². The summed E-state index contributed by atoms with van der Waals surface area (Å²) in [7, 11) is 0. The molecule has 1 unspecified atom stereocenters. The van der Waals surface area contributed by atoms with Gasteiger partial charge in [0.15, 0.2) is 0 Å². The first-order chi connectivity index (χ1) is 8.39. The molecule has 0 saturated heterocycles. The third-order valence-corrected chi connectivity index (χ3v) is 3.08. The molecule has 0 radical (unpaired) electrons. The van der Waals surface area contributed by atoms with Crippen molar-refractivity contribution >= 4 is 0 Å². The minimum Gasteiger partial charge on any atom is -0.317 e. The van der Waals surface area contributed by atoms with Crippen LogP contribution in [0.4, 0.5) is 4.39 Å². The Morgan fingerprint density at radius 2 is 1.72 bits per heavy atom. The molecule has 0 aliphatic carbocycles. The van der Waals surface area contributed by atoms with Crippen molar-refractivity contribution in [2.45, 2.75) is 26.3 Å². The lowest BCUT2D eigenvalue weighted by Gasteiger charge is -2.25. The molecular weight excluding hydrogens is 227 g/mol. The van der Waals surface area contributed by atoms with Crippen LogP contribution in [-0.2, 0) is 5.54 Å². The van der Waals surface area contributed by atoms with E-state index in [1.807, 2.05) is 32.9 Å². The van der Waals surface area contributed by atoms with Crippen molar-refractivity contribution in [2.75, 3.05) is 0 Å². The lowest BCUT2D eigenvalue weighted by molar-refractivity contribution is 0.567. The van der Waals surface area contributed by atoms with Crippen LogP contribution in [-0.4, -0.2) is 4.98 Å². The summed E-state index contributed by atoms with van der Waals surface area (Å²) in [5.74, 6) is -0.352. The first-order valence-corrected chi connectivity index (χ1v) is 5.89. The summed E-state index contributed by atoms with van der Waals surface area (Å²) in [6.07, 6.45) is 1.20. The van der Waals surface area contributed by atoms with E-state index in [4.69, 9.17) is 5.73 Å². The van der Waals surface area contributed by atoms with Crippen LogP contribution in [0.15, 0.2) is 36.5 Å². The molecule has 18 heavy (non-hydrogen) atoms. The molecule has 2 aromatic rings. The average molecular weight is 244 g/mol. The third-order valence-electron chi connectivity index (χ3n) is 3.08. The predicted octanol–water partition coefficient (Wildman–Crippen LogP) is 3.06. The third kappa shape index (κ3) is 2.41. The van der Waals surface area contributed by atoms with Crippen LogP contribution < -0.4 is 5.73 Å². The smallest absolute Gasteiger partial charge is 0.141 e. The van der Waals surface area contributed by atoms with E-state index in [9.17, 15) is 4.39 Å². The number of hydrogen-bond acceptors (Lipinski definition) is 2. The van der Waals surface area contributed by atoms with E-state index in [0.29, 0.717) is 5.69 Å². The van der Waals surface area contributed by atoms with Crippen LogP contribution >= 0.6 is 0 Å². The summed E-state index contributed by atoms with van der Waals surface area (Å²) in [5.41, 5.74) is 9.60. The summed E-state index contributed by atoms with van der Waals surface area (Å²) >= 11 is 0. The van der Waals surface area contributed by atoms with Crippen molar-refractivity contribution in [3.63, 3.8) is 0 Å². The SMILES string of the molecule is Cc1cc(C)cc(C(C)(N)c2ccc(F)cn2)c1. The molecule has 3 heteroatoms. The summed E-state index contributed by atoms with van der Waals surface area (Å²) < 4.78 is 12.9. The number of nitrogens with zero attached hydrogens (tertiary/aromatic N) is 1. The maximum Gasteiger partial charge on any atom is 0.141 e. The normalized spacial score (nSPS) is 14.3. The van der Waals surface area contributed by atoms with Crippen molar-refractivity contribution in [1.82, 2.24) is 4.98 Å². The van der Waals surface area contributed by atoms with Crippen molar-refractivity contribution in [3.05, 3.63) is 64.7 Å². The van der Waals surface area contributed by atoms with Crippen molar-refractivity contribution < 1.29 is 4.39 Å². The zero-order chi connectivity index (χ0) is 13.3. The highest BCUT2D eigenvalue weighted by Gasteiger charge is 2.25. The molecule has 1 heterocycles. The van der Waals surface area contributed by atoms with Gasteiger partial charge in [-0.2, -0.15) is 0 Å². The summed E-state index contributed by atoms with van der Waals surface area (Å²) in [4.78, 5) is 4.09. The predicted molar refractivity (Wildman–Crippen MR) is 70.8 cm³/mol.